The lowest BCUT2D eigenvalue weighted by Gasteiger charge is -2.34. The standard InChI is InChI=1S/C18H23N5O4/c1-12(22-10-8-14(9-11-22)18(24)21(2)3)16-19-20-17(27-16)13-4-6-15(7-5-13)23(25)26/h4-7,12,14H,8-11H2,1-3H3/t12-/m0/s1. The summed E-state index contributed by atoms with van der Waals surface area (Å²) in [5, 5.41) is 19.0. The first-order valence-corrected chi connectivity index (χ1v) is 8.90. The van der Waals surface area contributed by atoms with Gasteiger partial charge in [-0.2, -0.15) is 0 Å². The number of nitrogens with zero attached hydrogens (tertiary/aromatic N) is 5. The topological polar surface area (TPSA) is 106 Å². The highest BCUT2D eigenvalue weighted by molar-refractivity contribution is 5.78. The Kier molecular flexibility index (Phi) is 5.50. The van der Waals surface area contributed by atoms with Crippen molar-refractivity contribution in [2.24, 2.45) is 5.92 Å². The zero-order valence-electron chi connectivity index (χ0n) is 15.7. The number of aromatic nitrogens is 2. The third-order valence-electron chi connectivity index (χ3n) is 4.99. The van der Waals surface area contributed by atoms with Gasteiger partial charge in [0.25, 0.3) is 5.69 Å². The normalized spacial score (nSPS) is 16.9. The lowest BCUT2D eigenvalue weighted by atomic mass is 9.94. The molecule has 1 aliphatic rings. The van der Waals surface area contributed by atoms with Crippen LogP contribution in [0.3, 0.4) is 0 Å². The van der Waals surface area contributed by atoms with Crippen molar-refractivity contribution in [2.45, 2.75) is 25.8 Å². The van der Waals surface area contributed by atoms with Crippen LogP contribution in [0.25, 0.3) is 11.5 Å². The molecule has 144 valence electrons. The van der Waals surface area contributed by atoms with E-state index < -0.39 is 4.92 Å². The van der Waals surface area contributed by atoms with Gasteiger partial charge in [0.2, 0.25) is 17.7 Å². The van der Waals surface area contributed by atoms with Crippen LogP contribution in [0.5, 0.6) is 0 Å². The number of rotatable bonds is 5. The number of hydrogen-bond acceptors (Lipinski definition) is 7. The average Bonchev–Trinajstić information content (AvgIpc) is 3.17. The van der Waals surface area contributed by atoms with Crippen LogP contribution in [0.1, 0.15) is 31.7 Å². The minimum absolute atomic E-state index is 0.0157. The minimum Gasteiger partial charge on any atom is -0.419 e. The van der Waals surface area contributed by atoms with E-state index >= 15 is 0 Å². The Balaban J connectivity index is 1.64. The summed E-state index contributed by atoms with van der Waals surface area (Å²) in [6.07, 6.45) is 1.62. The molecule has 2 aromatic rings. The SMILES string of the molecule is C[C@@H](c1nnc(-c2ccc([N+](=O)[O-])cc2)o1)N1CCC(C(=O)N(C)C)CC1. The van der Waals surface area contributed by atoms with E-state index in [9.17, 15) is 14.9 Å². The van der Waals surface area contributed by atoms with Crippen molar-refractivity contribution >= 4 is 11.6 Å². The van der Waals surface area contributed by atoms with Crippen molar-refractivity contribution in [3.8, 4) is 11.5 Å². The maximum Gasteiger partial charge on any atom is 0.269 e. The highest BCUT2D eigenvalue weighted by Gasteiger charge is 2.30. The van der Waals surface area contributed by atoms with Crippen LogP contribution in [0, 0.1) is 16.0 Å². The van der Waals surface area contributed by atoms with Crippen LogP contribution in [0.4, 0.5) is 5.69 Å². The summed E-state index contributed by atoms with van der Waals surface area (Å²) < 4.78 is 5.79. The second-order valence-corrected chi connectivity index (χ2v) is 6.97. The number of nitro groups is 1. The summed E-state index contributed by atoms with van der Waals surface area (Å²) in [6, 6.07) is 5.96. The van der Waals surface area contributed by atoms with E-state index in [4.69, 9.17) is 4.42 Å². The summed E-state index contributed by atoms with van der Waals surface area (Å²) >= 11 is 0. The summed E-state index contributed by atoms with van der Waals surface area (Å²) in [5.74, 6) is 1.09. The number of benzene rings is 1. The van der Waals surface area contributed by atoms with Gasteiger partial charge in [-0.1, -0.05) is 0 Å². The van der Waals surface area contributed by atoms with Gasteiger partial charge in [-0.25, -0.2) is 0 Å². The van der Waals surface area contributed by atoms with E-state index in [0.717, 1.165) is 25.9 Å². The Morgan fingerprint density at radius 2 is 1.89 bits per heavy atom. The van der Waals surface area contributed by atoms with Gasteiger partial charge in [-0.3, -0.25) is 19.8 Å². The fourth-order valence-corrected chi connectivity index (χ4v) is 3.30. The summed E-state index contributed by atoms with van der Waals surface area (Å²) in [6.45, 7) is 3.59. The molecular formula is C18H23N5O4. The van der Waals surface area contributed by atoms with E-state index in [1.807, 2.05) is 6.92 Å². The average molecular weight is 373 g/mol. The van der Waals surface area contributed by atoms with Gasteiger partial charge < -0.3 is 9.32 Å². The van der Waals surface area contributed by atoms with E-state index in [2.05, 4.69) is 15.1 Å². The van der Waals surface area contributed by atoms with Crippen LogP contribution >= 0.6 is 0 Å². The van der Waals surface area contributed by atoms with Gasteiger partial charge in [0.05, 0.1) is 11.0 Å². The zero-order chi connectivity index (χ0) is 19.6. The first kappa shape index (κ1) is 19.0. The van der Waals surface area contributed by atoms with E-state index in [1.165, 1.54) is 12.1 Å². The fraction of sp³-hybridized carbons (Fsp3) is 0.500. The third kappa shape index (κ3) is 4.13. The van der Waals surface area contributed by atoms with Crippen molar-refractivity contribution in [1.82, 2.24) is 20.0 Å². The molecule has 1 amide bonds. The van der Waals surface area contributed by atoms with E-state index in [0.29, 0.717) is 17.3 Å². The minimum atomic E-state index is -0.449. The molecule has 0 saturated carbocycles. The maximum atomic E-state index is 12.1. The summed E-state index contributed by atoms with van der Waals surface area (Å²) in [5.41, 5.74) is 0.656. The molecule has 2 heterocycles. The van der Waals surface area contributed by atoms with Crippen LogP contribution in [0.2, 0.25) is 0 Å². The quantitative estimate of drug-likeness (QED) is 0.585. The number of nitro benzene ring substituents is 1. The molecule has 1 atom stereocenters. The molecule has 0 spiro atoms. The number of hydrogen-bond donors (Lipinski definition) is 0. The van der Waals surface area contributed by atoms with E-state index in [-0.39, 0.29) is 23.6 Å². The molecule has 0 N–H and O–H groups in total. The Bertz CT molecular complexity index is 809. The van der Waals surface area contributed by atoms with Crippen LogP contribution in [0.15, 0.2) is 28.7 Å². The van der Waals surface area contributed by atoms with Gasteiger partial charge >= 0.3 is 0 Å². The van der Waals surface area contributed by atoms with Gasteiger partial charge in [0, 0.05) is 37.7 Å². The number of carbonyl (C=O) groups is 1. The lowest BCUT2D eigenvalue weighted by molar-refractivity contribution is -0.384. The predicted molar refractivity (Wildman–Crippen MR) is 97.8 cm³/mol. The summed E-state index contributed by atoms with van der Waals surface area (Å²) in [7, 11) is 3.57. The first-order valence-electron chi connectivity index (χ1n) is 8.90. The summed E-state index contributed by atoms with van der Waals surface area (Å²) in [4.78, 5) is 26.3. The van der Waals surface area contributed by atoms with Crippen LogP contribution < -0.4 is 0 Å². The molecule has 1 aliphatic heterocycles. The predicted octanol–water partition coefficient (Wildman–Crippen LogP) is 2.51. The second kappa shape index (κ2) is 7.83. The molecule has 3 rings (SSSR count). The van der Waals surface area contributed by atoms with Crippen molar-refractivity contribution < 1.29 is 14.1 Å². The highest BCUT2D eigenvalue weighted by Crippen LogP contribution is 2.29. The first-order chi connectivity index (χ1) is 12.9. The van der Waals surface area contributed by atoms with E-state index in [1.54, 1.807) is 31.1 Å². The van der Waals surface area contributed by atoms with Gasteiger partial charge in [0.1, 0.15) is 0 Å². The molecule has 1 aromatic heterocycles. The fourth-order valence-electron chi connectivity index (χ4n) is 3.30. The number of non-ortho nitro benzene ring substituents is 1. The molecule has 9 heteroatoms. The number of carbonyl (C=O) groups excluding carboxylic acids is 1. The van der Waals surface area contributed by atoms with Crippen molar-refractivity contribution in [3.05, 3.63) is 40.3 Å². The Hall–Kier alpha value is -2.81. The molecule has 0 radical (unpaired) electrons. The third-order valence-corrected chi connectivity index (χ3v) is 4.99. The number of amides is 1. The number of likely N-dealkylation sites (tertiary alicyclic amines) is 1. The van der Waals surface area contributed by atoms with Gasteiger partial charge in [0.15, 0.2) is 0 Å². The lowest BCUT2D eigenvalue weighted by Crippen LogP contribution is -2.41. The van der Waals surface area contributed by atoms with Gasteiger partial charge in [-0.05, 0) is 45.0 Å². The smallest absolute Gasteiger partial charge is 0.269 e. The molecule has 0 bridgehead atoms. The molecule has 27 heavy (non-hydrogen) atoms. The molecule has 1 saturated heterocycles. The molecule has 1 aromatic carbocycles. The van der Waals surface area contributed by atoms with Crippen molar-refractivity contribution in [1.29, 1.82) is 0 Å². The van der Waals surface area contributed by atoms with Crippen LogP contribution in [-0.4, -0.2) is 58.0 Å². The molecule has 1 fully saturated rings. The molecule has 0 unspecified atom stereocenters. The maximum absolute atomic E-state index is 12.1. The number of piperidine rings is 1. The Labute approximate surface area is 157 Å². The second-order valence-electron chi connectivity index (χ2n) is 6.97. The van der Waals surface area contributed by atoms with Crippen molar-refractivity contribution in [3.63, 3.8) is 0 Å². The van der Waals surface area contributed by atoms with Crippen LogP contribution in [-0.2, 0) is 4.79 Å². The Morgan fingerprint density at radius 1 is 1.26 bits per heavy atom. The van der Waals surface area contributed by atoms with Gasteiger partial charge in [-0.15, -0.1) is 10.2 Å². The Morgan fingerprint density at radius 3 is 2.44 bits per heavy atom. The zero-order valence-corrected chi connectivity index (χ0v) is 15.7. The monoisotopic (exact) mass is 373 g/mol. The van der Waals surface area contributed by atoms with Crippen molar-refractivity contribution in [2.75, 3.05) is 27.2 Å². The molecule has 9 nitrogen and oxygen atoms in total. The molecule has 0 aliphatic carbocycles. The highest BCUT2D eigenvalue weighted by atomic mass is 16.6. The largest absolute Gasteiger partial charge is 0.419 e. The molecular weight excluding hydrogens is 350 g/mol.